The highest BCUT2D eigenvalue weighted by molar-refractivity contribution is 8.00. The van der Waals surface area contributed by atoms with E-state index < -0.39 is 17.7 Å². The third-order valence-electron chi connectivity index (χ3n) is 6.26. The molecule has 6 nitrogen and oxygen atoms in total. The number of benzene rings is 3. The molecule has 3 aromatic carbocycles. The van der Waals surface area contributed by atoms with Crippen LogP contribution < -0.4 is 4.90 Å². The molecule has 1 N–H and O–H groups in total. The number of anilines is 1. The molecule has 39 heavy (non-hydrogen) atoms. The Balaban J connectivity index is 1.59. The van der Waals surface area contributed by atoms with Crippen molar-refractivity contribution in [3.05, 3.63) is 110 Å². The maximum absolute atomic E-state index is 14.1. The fourth-order valence-corrected chi connectivity index (χ4v) is 6.44. The van der Waals surface area contributed by atoms with E-state index in [4.69, 9.17) is 23.2 Å². The zero-order valence-electron chi connectivity index (χ0n) is 20.6. The molecule has 1 fully saturated rings. The van der Waals surface area contributed by atoms with Gasteiger partial charge in [0.25, 0.3) is 5.78 Å². The van der Waals surface area contributed by atoms with Gasteiger partial charge in [-0.05, 0) is 54.8 Å². The van der Waals surface area contributed by atoms with Gasteiger partial charge in [-0.2, -0.15) is 0 Å². The lowest BCUT2D eigenvalue weighted by Crippen LogP contribution is -2.29. The van der Waals surface area contributed by atoms with Crippen LogP contribution in [0, 0.1) is 19.7 Å². The maximum atomic E-state index is 14.1. The number of aliphatic hydroxyl groups is 1. The van der Waals surface area contributed by atoms with Gasteiger partial charge in [0.15, 0.2) is 4.34 Å². The molecule has 4 aromatic rings. The molecule has 1 amide bonds. The van der Waals surface area contributed by atoms with E-state index in [0.29, 0.717) is 31.8 Å². The minimum Gasteiger partial charge on any atom is -0.507 e. The van der Waals surface area contributed by atoms with E-state index in [1.165, 1.54) is 22.7 Å². The van der Waals surface area contributed by atoms with Crippen molar-refractivity contribution < 1.29 is 19.1 Å². The Labute approximate surface area is 242 Å². The minimum absolute atomic E-state index is 0.0946. The van der Waals surface area contributed by atoms with Crippen LogP contribution in [0.3, 0.4) is 0 Å². The van der Waals surface area contributed by atoms with Gasteiger partial charge in [0.1, 0.15) is 11.6 Å². The summed E-state index contributed by atoms with van der Waals surface area (Å²) in [6.07, 6.45) is 0. The molecular weight excluding hydrogens is 580 g/mol. The second-order valence-electron chi connectivity index (χ2n) is 8.89. The van der Waals surface area contributed by atoms with Gasteiger partial charge in [-0.25, -0.2) is 4.39 Å². The van der Waals surface area contributed by atoms with Gasteiger partial charge in [-0.15, -0.1) is 10.2 Å². The normalized spacial score (nSPS) is 16.7. The van der Waals surface area contributed by atoms with E-state index in [1.54, 1.807) is 42.5 Å². The first kappa shape index (κ1) is 27.3. The van der Waals surface area contributed by atoms with Crippen LogP contribution in [0.1, 0.15) is 33.9 Å². The van der Waals surface area contributed by atoms with E-state index in [2.05, 4.69) is 10.2 Å². The SMILES string of the molecule is Cc1ccc(C)c(/C(O)=C2\C(=O)C(=O)N(c3nnc(SCc4ccccc4F)s3)C2c2ccc(Cl)c(Cl)c2)c1. The van der Waals surface area contributed by atoms with Gasteiger partial charge in [0.05, 0.1) is 21.7 Å². The monoisotopic (exact) mass is 599 g/mol. The number of hydrogen-bond donors (Lipinski definition) is 1. The summed E-state index contributed by atoms with van der Waals surface area (Å²) in [6, 6.07) is 15.6. The molecule has 1 unspecified atom stereocenters. The summed E-state index contributed by atoms with van der Waals surface area (Å²) >= 11 is 14.8. The lowest BCUT2D eigenvalue weighted by Gasteiger charge is -2.23. The van der Waals surface area contributed by atoms with Crippen molar-refractivity contribution in [1.82, 2.24) is 10.2 Å². The van der Waals surface area contributed by atoms with Gasteiger partial charge >= 0.3 is 5.91 Å². The zero-order valence-corrected chi connectivity index (χ0v) is 23.8. The second kappa shape index (κ2) is 11.1. The summed E-state index contributed by atoms with van der Waals surface area (Å²) in [6.45, 7) is 3.68. The number of amides is 1. The fourth-order valence-electron chi connectivity index (χ4n) is 4.28. The Morgan fingerprint density at radius 3 is 2.56 bits per heavy atom. The number of aryl methyl sites for hydroxylation is 2. The zero-order chi connectivity index (χ0) is 27.8. The van der Waals surface area contributed by atoms with Crippen LogP contribution in [0.2, 0.25) is 10.0 Å². The average Bonchev–Trinajstić information content (AvgIpc) is 3.48. The van der Waals surface area contributed by atoms with Crippen molar-refractivity contribution in [2.24, 2.45) is 0 Å². The molecule has 1 aliphatic heterocycles. The third-order valence-corrected chi connectivity index (χ3v) is 9.11. The number of ketones is 1. The van der Waals surface area contributed by atoms with Crippen LogP contribution in [0.25, 0.3) is 5.76 Å². The predicted octanol–water partition coefficient (Wildman–Crippen LogP) is 7.52. The van der Waals surface area contributed by atoms with Crippen molar-refractivity contribution in [1.29, 1.82) is 0 Å². The van der Waals surface area contributed by atoms with E-state index in [1.807, 2.05) is 26.0 Å². The lowest BCUT2D eigenvalue weighted by molar-refractivity contribution is -0.132. The topological polar surface area (TPSA) is 83.4 Å². The summed E-state index contributed by atoms with van der Waals surface area (Å²) in [4.78, 5) is 28.1. The second-order valence-corrected chi connectivity index (χ2v) is 11.9. The van der Waals surface area contributed by atoms with Gasteiger partial charge in [0, 0.05) is 11.3 Å². The van der Waals surface area contributed by atoms with Crippen LogP contribution in [0.15, 0.2) is 70.6 Å². The van der Waals surface area contributed by atoms with Crippen LogP contribution in [0.4, 0.5) is 9.52 Å². The van der Waals surface area contributed by atoms with Crippen molar-refractivity contribution >= 4 is 68.9 Å². The number of nitrogens with zero attached hydrogens (tertiary/aromatic N) is 3. The number of hydrogen-bond acceptors (Lipinski definition) is 7. The fraction of sp³-hybridized carbons (Fsp3) is 0.143. The molecule has 0 aliphatic carbocycles. The Hall–Kier alpha value is -3.24. The van der Waals surface area contributed by atoms with E-state index >= 15 is 0 Å². The number of rotatable bonds is 6. The molecule has 1 atom stereocenters. The van der Waals surface area contributed by atoms with Crippen molar-refractivity contribution in [3.8, 4) is 0 Å². The first-order valence-corrected chi connectivity index (χ1v) is 14.2. The summed E-state index contributed by atoms with van der Waals surface area (Å²) in [5.41, 5.74) is 2.93. The van der Waals surface area contributed by atoms with Gasteiger partial charge < -0.3 is 5.11 Å². The molecule has 11 heteroatoms. The Kier molecular flexibility index (Phi) is 7.77. The number of carbonyl (C=O) groups is 2. The van der Waals surface area contributed by atoms with E-state index in [9.17, 15) is 19.1 Å². The lowest BCUT2D eigenvalue weighted by atomic mass is 9.93. The highest BCUT2D eigenvalue weighted by Crippen LogP contribution is 2.45. The minimum atomic E-state index is -1.03. The summed E-state index contributed by atoms with van der Waals surface area (Å²) in [5, 5.41) is 20.4. The quantitative estimate of drug-likeness (QED) is 0.0811. The third kappa shape index (κ3) is 5.32. The van der Waals surface area contributed by atoms with Crippen LogP contribution in [-0.4, -0.2) is 27.0 Å². The molecule has 0 spiro atoms. The largest absolute Gasteiger partial charge is 0.507 e. The van der Waals surface area contributed by atoms with E-state index in [-0.39, 0.29) is 27.3 Å². The molecule has 5 rings (SSSR count). The smallest absolute Gasteiger partial charge is 0.301 e. The molecule has 2 heterocycles. The van der Waals surface area contributed by atoms with Crippen molar-refractivity contribution in [2.75, 3.05) is 4.90 Å². The van der Waals surface area contributed by atoms with Crippen LogP contribution in [-0.2, 0) is 15.3 Å². The molecule has 1 saturated heterocycles. The molecule has 1 aromatic heterocycles. The maximum Gasteiger partial charge on any atom is 0.301 e. The molecule has 0 saturated carbocycles. The standard InChI is InChI=1S/C28H20Cl2FN3O3S2/c1-14-7-8-15(2)18(11-14)24(35)22-23(16-9-10-19(29)20(30)12-16)34(26(37)25(22)36)27-32-33-28(39-27)38-13-17-5-3-4-6-21(17)31/h3-12,23,35H,13H2,1-2H3/b24-22+. The predicted molar refractivity (Wildman–Crippen MR) is 153 cm³/mol. The molecule has 198 valence electrons. The number of carbonyl (C=O) groups excluding carboxylic acids is 2. The summed E-state index contributed by atoms with van der Waals surface area (Å²) < 4.78 is 14.5. The van der Waals surface area contributed by atoms with Crippen molar-refractivity contribution in [3.63, 3.8) is 0 Å². The first-order valence-electron chi connectivity index (χ1n) is 11.7. The summed E-state index contributed by atoms with van der Waals surface area (Å²) in [5.74, 6) is -2.04. The van der Waals surface area contributed by atoms with Crippen LogP contribution >= 0.6 is 46.3 Å². The molecule has 0 radical (unpaired) electrons. The summed E-state index contributed by atoms with van der Waals surface area (Å²) in [7, 11) is 0. The van der Waals surface area contributed by atoms with Crippen LogP contribution in [0.5, 0.6) is 0 Å². The Morgan fingerprint density at radius 2 is 1.82 bits per heavy atom. The van der Waals surface area contributed by atoms with Crippen molar-refractivity contribution in [2.45, 2.75) is 30.0 Å². The number of aliphatic hydroxyl groups excluding tert-OH is 1. The van der Waals surface area contributed by atoms with Gasteiger partial charge in [-0.3, -0.25) is 14.5 Å². The first-order chi connectivity index (χ1) is 18.7. The number of thioether (sulfide) groups is 1. The molecule has 1 aliphatic rings. The Bertz CT molecular complexity index is 1660. The van der Waals surface area contributed by atoms with E-state index in [0.717, 1.165) is 22.5 Å². The Morgan fingerprint density at radius 1 is 1.05 bits per heavy atom. The average molecular weight is 601 g/mol. The number of halogens is 3. The molecular formula is C28H20Cl2FN3O3S2. The highest BCUT2D eigenvalue weighted by Gasteiger charge is 2.48. The highest BCUT2D eigenvalue weighted by atomic mass is 35.5. The van der Waals surface area contributed by atoms with Gasteiger partial charge in [0.2, 0.25) is 5.13 Å². The number of aromatic nitrogens is 2. The number of Topliss-reactive ketones (excluding diaryl/α,β-unsaturated/α-hetero) is 1. The molecule has 0 bridgehead atoms. The van der Waals surface area contributed by atoms with Gasteiger partial charge in [-0.1, -0.05) is 88.3 Å².